The van der Waals surface area contributed by atoms with E-state index in [2.05, 4.69) is 31.2 Å². The minimum Gasteiger partial charge on any atom is -0.321 e. The van der Waals surface area contributed by atoms with Crippen LogP contribution in [0, 0.1) is 6.92 Å². The van der Waals surface area contributed by atoms with Crippen molar-refractivity contribution < 1.29 is 4.79 Å². The second kappa shape index (κ2) is 5.61. The maximum atomic E-state index is 12.3. The van der Waals surface area contributed by atoms with Gasteiger partial charge in [0.25, 0.3) is 5.91 Å². The van der Waals surface area contributed by atoms with Crippen molar-refractivity contribution in [2.45, 2.75) is 6.92 Å². The molecule has 2 aromatic heterocycles. The largest absolute Gasteiger partial charge is 0.321 e. The quantitative estimate of drug-likeness (QED) is 0.718. The Balaban J connectivity index is 1.97. The molecule has 0 fully saturated rings. The number of pyridine rings is 2. The Morgan fingerprint density at radius 3 is 2.76 bits per heavy atom. The summed E-state index contributed by atoms with van der Waals surface area (Å²) in [5.74, 6) is -0.191. The normalized spacial score (nSPS) is 10.6. The number of nitrogens with zero attached hydrogens (tertiary/aromatic N) is 2. The van der Waals surface area contributed by atoms with E-state index in [0.717, 1.165) is 22.2 Å². The number of amides is 1. The van der Waals surface area contributed by atoms with E-state index in [1.54, 1.807) is 18.3 Å². The summed E-state index contributed by atoms with van der Waals surface area (Å²) in [5.41, 5.74) is 3.23. The van der Waals surface area contributed by atoms with E-state index >= 15 is 0 Å². The van der Waals surface area contributed by atoms with Gasteiger partial charge in [0.05, 0.1) is 16.8 Å². The summed E-state index contributed by atoms with van der Waals surface area (Å²) in [6.45, 7) is 2.00. The van der Waals surface area contributed by atoms with Gasteiger partial charge in [-0.05, 0) is 58.7 Å². The third-order valence-electron chi connectivity index (χ3n) is 3.21. The lowest BCUT2D eigenvalue weighted by Gasteiger charge is -2.10. The molecule has 1 N–H and O–H groups in total. The second-order valence-electron chi connectivity index (χ2n) is 4.65. The van der Waals surface area contributed by atoms with Crippen LogP contribution in [-0.2, 0) is 0 Å². The van der Waals surface area contributed by atoms with Crippen LogP contribution < -0.4 is 5.32 Å². The van der Waals surface area contributed by atoms with Crippen molar-refractivity contribution in [1.29, 1.82) is 0 Å². The molecular formula is C16H12BrN3O. The number of anilines is 1. The van der Waals surface area contributed by atoms with E-state index < -0.39 is 0 Å². The Hall–Kier alpha value is -2.27. The van der Waals surface area contributed by atoms with Crippen LogP contribution in [0.5, 0.6) is 0 Å². The van der Waals surface area contributed by atoms with Gasteiger partial charge in [-0.15, -0.1) is 0 Å². The first-order chi connectivity index (χ1) is 10.1. The number of aryl methyl sites for hydroxylation is 1. The molecule has 21 heavy (non-hydrogen) atoms. The predicted molar refractivity (Wildman–Crippen MR) is 86.4 cm³/mol. The molecule has 0 saturated carbocycles. The fraction of sp³-hybridized carbons (Fsp3) is 0.0625. The first-order valence-electron chi connectivity index (χ1n) is 6.42. The molecule has 2 heterocycles. The molecule has 0 radical (unpaired) electrons. The number of hydrogen-bond acceptors (Lipinski definition) is 3. The Bertz CT molecular complexity index is 815. The zero-order valence-electron chi connectivity index (χ0n) is 11.3. The SMILES string of the molecule is Cc1ccc(NC(=O)c2ccc(Br)nc2)c2cccnc12. The highest BCUT2D eigenvalue weighted by Gasteiger charge is 2.10. The van der Waals surface area contributed by atoms with Crippen LogP contribution >= 0.6 is 15.9 Å². The van der Waals surface area contributed by atoms with Gasteiger partial charge < -0.3 is 5.32 Å². The molecule has 1 aromatic carbocycles. The summed E-state index contributed by atoms with van der Waals surface area (Å²) in [6, 6.07) is 11.1. The van der Waals surface area contributed by atoms with Crippen molar-refractivity contribution in [2.24, 2.45) is 0 Å². The number of nitrogens with one attached hydrogen (secondary N) is 1. The Morgan fingerprint density at radius 1 is 1.14 bits per heavy atom. The summed E-state index contributed by atoms with van der Waals surface area (Å²) >= 11 is 3.25. The fourth-order valence-electron chi connectivity index (χ4n) is 2.13. The van der Waals surface area contributed by atoms with Crippen LogP contribution in [0.15, 0.2) is 53.4 Å². The van der Waals surface area contributed by atoms with Gasteiger partial charge in [-0.1, -0.05) is 6.07 Å². The number of carbonyl (C=O) groups is 1. The average molecular weight is 342 g/mol. The molecule has 5 heteroatoms. The van der Waals surface area contributed by atoms with Crippen LogP contribution in [-0.4, -0.2) is 15.9 Å². The van der Waals surface area contributed by atoms with Gasteiger partial charge in [0.2, 0.25) is 0 Å². The highest BCUT2D eigenvalue weighted by atomic mass is 79.9. The lowest BCUT2D eigenvalue weighted by molar-refractivity contribution is 0.102. The third-order valence-corrected chi connectivity index (χ3v) is 3.68. The van der Waals surface area contributed by atoms with Gasteiger partial charge in [0.1, 0.15) is 4.60 Å². The molecule has 0 aliphatic rings. The molecule has 0 spiro atoms. The van der Waals surface area contributed by atoms with Gasteiger partial charge in [-0.25, -0.2) is 4.98 Å². The highest BCUT2D eigenvalue weighted by molar-refractivity contribution is 9.10. The summed E-state index contributed by atoms with van der Waals surface area (Å²) in [5, 5.41) is 3.84. The number of fused-ring (bicyclic) bond motifs is 1. The van der Waals surface area contributed by atoms with Crippen LogP contribution in [0.1, 0.15) is 15.9 Å². The van der Waals surface area contributed by atoms with E-state index in [0.29, 0.717) is 10.2 Å². The van der Waals surface area contributed by atoms with E-state index in [4.69, 9.17) is 0 Å². The van der Waals surface area contributed by atoms with Crippen LogP contribution in [0.25, 0.3) is 10.9 Å². The second-order valence-corrected chi connectivity index (χ2v) is 5.47. The molecule has 0 bridgehead atoms. The van der Waals surface area contributed by atoms with Gasteiger partial charge in [0, 0.05) is 17.8 Å². The molecule has 0 saturated heterocycles. The molecule has 0 atom stereocenters. The maximum absolute atomic E-state index is 12.3. The van der Waals surface area contributed by atoms with Gasteiger partial charge in [-0.2, -0.15) is 0 Å². The molecule has 3 aromatic rings. The number of halogens is 1. The number of rotatable bonds is 2. The number of hydrogen-bond donors (Lipinski definition) is 1. The maximum Gasteiger partial charge on any atom is 0.257 e. The fourth-order valence-corrected chi connectivity index (χ4v) is 2.36. The van der Waals surface area contributed by atoms with E-state index in [1.165, 1.54) is 6.20 Å². The molecule has 0 aliphatic carbocycles. The van der Waals surface area contributed by atoms with Gasteiger partial charge >= 0.3 is 0 Å². The van der Waals surface area contributed by atoms with E-state index in [9.17, 15) is 4.79 Å². The molecule has 104 valence electrons. The minimum atomic E-state index is -0.191. The molecule has 0 aliphatic heterocycles. The van der Waals surface area contributed by atoms with Crippen molar-refractivity contribution in [2.75, 3.05) is 5.32 Å². The van der Waals surface area contributed by atoms with Crippen molar-refractivity contribution in [3.63, 3.8) is 0 Å². The smallest absolute Gasteiger partial charge is 0.257 e. The lowest BCUT2D eigenvalue weighted by atomic mass is 10.1. The zero-order valence-corrected chi connectivity index (χ0v) is 12.9. The van der Waals surface area contributed by atoms with Crippen molar-refractivity contribution in [3.8, 4) is 0 Å². The summed E-state index contributed by atoms with van der Waals surface area (Å²) in [4.78, 5) is 20.7. The first-order valence-corrected chi connectivity index (χ1v) is 7.22. The average Bonchev–Trinajstić information content (AvgIpc) is 2.51. The van der Waals surface area contributed by atoms with Gasteiger partial charge in [-0.3, -0.25) is 9.78 Å². The standard InChI is InChI=1S/C16H12BrN3O/c1-10-4-6-13(12-3-2-8-18-15(10)12)20-16(21)11-5-7-14(17)19-9-11/h2-9H,1H3,(H,20,21). The molecule has 1 amide bonds. The van der Waals surface area contributed by atoms with Crippen molar-refractivity contribution in [3.05, 3.63) is 64.5 Å². The molecule has 0 unspecified atom stereocenters. The Kier molecular flexibility index (Phi) is 3.66. The molecular weight excluding hydrogens is 330 g/mol. The van der Waals surface area contributed by atoms with E-state index in [1.807, 2.05) is 31.2 Å². The summed E-state index contributed by atoms with van der Waals surface area (Å²) in [7, 11) is 0. The van der Waals surface area contributed by atoms with Crippen LogP contribution in [0.4, 0.5) is 5.69 Å². The zero-order chi connectivity index (χ0) is 14.8. The van der Waals surface area contributed by atoms with Gasteiger partial charge in [0.15, 0.2) is 0 Å². The third kappa shape index (κ3) is 2.78. The number of aromatic nitrogens is 2. The Labute approximate surface area is 130 Å². The lowest BCUT2D eigenvalue weighted by Crippen LogP contribution is -2.12. The minimum absolute atomic E-state index is 0.191. The first kappa shape index (κ1) is 13.7. The van der Waals surface area contributed by atoms with Crippen molar-refractivity contribution in [1.82, 2.24) is 9.97 Å². The van der Waals surface area contributed by atoms with Crippen LogP contribution in [0.2, 0.25) is 0 Å². The van der Waals surface area contributed by atoms with E-state index in [-0.39, 0.29) is 5.91 Å². The number of carbonyl (C=O) groups excluding carboxylic acids is 1. The predicted octanol–water partition coefficient (Wildman–Crippen LogP) is 3.95. The topological polar surface area (TPSA) is 54.9 Å². The summed E-state index contributed by atoms with van der Waals surface area (Å²) in [6.07, 6.45) is 3.29. The highest BCUT2D eigenvalue weighted by Crippen LogP contribution is 2.25. The molecule has 4 nitrogen and oxygen atoms in total. The van der Waals surface area contributed by atoms with Crippen LogP contribution in [0.3, 0.4) is 0 Å². The monoisotopic (exact) mass is 341 g/mol. The molecule has 3 rings (SSSR count). The summed E-state index contributed by atoms with van der Waals surface area (Å²) < 4.78 is 0.698. The number of benzene rings is 1. The van der Waals surface area contributed by atoms with Crippen molar-refractivity contribution >= 4 is 38.4 Å². The Morgan fingerprint density at radius 2 is 2.00 bits per heavy atom.